The Kier molecular flexibility index (Phi) is 10.9. The number of piperidine rings is 1. The molecule has 0 atom stereocenters. The summed E-state index contributed by atoms with van der Waals surface area (Å²) in [4.78, 5) is 17.8. The van der Waals surface area contributed by atoms with Crippen LogP contribution in [-0.4, -0.2) is 60.6 Å². The second-order valence-corrected chi connectivity index (χ2v) is 11.1. The minimum absolute atomic E-state index is 0. The van der Waals surface area contributed by atoms with E-state index in [0.29, 0.717) is 18.7 Å². The number of terminal acetylenes is 1. The van der Waals surface area contributed by atoms with E-state index in [-0.39, 0.29) is 24.0 Å². The van der Waals surface area contributed by atoms with E-state index >= 15 is 0 Å². The molecule has 37 heavy (non-hydrogen) atoms. The summed E-state index contributed by atoms with van der Waals surface area (Å²) in [6, 6.07) is 4.26. The molecule has 0 aliphatic carbocycles. The third-order valence-electron chi connectivity index (χ3n) is 7.86. The zero-order chi connectivity index (χ0) is 25.5. The van der Waals surface area contributed by atoms with E-state index in [4.69, 9.17) is 15.9 Å². The van der Waals surface area contributed by atoms with Crippen LogP contribution >= 0.6 is 12.4 Å². The third-order valence-corrected chi connectivity index (χ3v) is 7.86. The Morgan fingerprint density at radius 2 is 1.89 bits per heavy atom. The van der Waals surface area contributed by atoms with Gasteiger partial charge in [0.15, 0.2) is 0 Å². The fourth-order valence-corrected chi connectivity index (χ4v) is 5.94. The quantitative estimate of drug-likeness (QED) is 0.155. The number of nitrogens with zero attached hydrogens (tertiary/aromatic N) is 2. The largest absolute Gasteiger partial charge is 0.483 e. The molecule has 3 heterocycles. The molecule has 3 aliphatic rings. The second kappa shape index (κ2) is 13.7. The third kappa shape index (κ3) is 7.53. The van der Waals surface area contributed by atoms with Gasteiger partial charge in [-0.3, -0.25) is 9.69 Å². The molecule has 0 amide bonds. The second-order valence-electron chi connectivity index (χ2n) is 11.1. The average Bonchev–Trinajstić information content (AvgIpc) is 2.84. The highest BCUT2D eigenvalue weighted by Gasteiger charge is 2.39. The van der Waals surface area contributed by atoms with Crippen molar-refractivity contribution in [1.82, 2.24) is 9.80 Å². The Morgan fingerprint density at radius 3 is 2.62 bits per heavy atom. The van der Waals surface area contributed by atoms with Crippen LogP contribution in [0.4, 0.5) is 0 Å². The van der Waals surface area contributed by atoms with E-state index in [1.807, 2.05) is 0 Å². The first-order valence-electron chi connectivity index (χ1n) is 14.1. The van der Waals surface area contributed by atoms with Gasteiger partial charge in [0, 0.05) is 19.5 Å². The average molecular weight is 529 g/mol. The lowest BCUT2D eigenvalue weighted by atomic mass is 9.81. The van der Waals surface area contributed by atoms with Gasteiger partial charge in [0.1, 0.15) is 17.1 Å². The van der Waals surface area contributed by atoms with Crippen LogP contribution in [0.1, 0.15) is 89.7 Å². The van der Waals surface area contributed by atoms with E-state index in [1.54, 1.807) is 0 Å². The molecule has 5 nitrogen and oxygen atoms in total. The molecule has 3 aliphatic heterocycles. The van der Waals surface area contributed by atoms with Gasteiger partial charge in [0.25, 0.3) is 0 Å². The number of ether oxygens (including phenoxy) is 2. The van der Waals surface area contributed by atoms with Crippen molar-refractivity contribution in [2.24, 2.45) is 0 Å². The van der Waals surface area contributed by atoms with E-state index < -0.39 is 0 Å². The van der Waals surface area contributed by atoms with Crippen molar-refractivity contribution in [1.29, 1.82) is 0 Å². The molecular weight excluding hydrogens is 484 g/mol. The first-order valence-corrected chi connectivity index (χ1v) is 14.1. The van der Waals surface area contributed by atoms with Crippen molar-refractivity contribution in [3.63, 3.8) is 0 Å². The fraction of sp³-hybridized carbons (Fsp3) is 0.645. The van der Waals surface area contributed by atoms with Crippen LogP contribution in [-0.2, 0) is 11.2 Å². The Labute approximate surface area is 230 Å². The molecule has 1 aromatic rings. The van der Waals surface area contributed by atoms with Crippen molar-refractivity contribution in [3.05, 3.63) is 28.8 Å². The molecule has 0 radical (unpaired) electrons. The molecule has 1 aromatic carbocycles. The molecule has 0 aromatic heterocycles. The van der Waals surface area contributed by atoms with Crippen LogP contribution in [0.25, 0.3) is 5.57 Å². The normalized spacial score (nSPS) is 19.2. The standard InChI is InChI=1S/C31H44N2O3.ClH/c1-5-7-9-13-24-21-27(35-29(34)14-12-19-32-17-10-8-11-18-32)30-25-23-33(16-6-2)20-15-26(25)31(3,4)36-28(30)22-24;/h2,21-22H,5,7-20,23H2,1,3-4H3;1H. The molecule has 1 saturated heterocycles. The number of carbonyl (C=O) groups is 1. The van der Waals surface area contributed by atoms with Crippen LogP contribution in [0.15, 0.2) is 17.7 Å². The number of unbranched alkanes of at least 4 members (excludes halogenated alkanes) is 2. The highest BCUT2D eigenvalue weighted by Crippen LogP contribution is 2.48. The zero-order valence-electron chi connectivity index (χ0n) is 23.1. The highest BCUT2D eigenvalue weighted by atomic mass is 35.5. The van der Waals surface area contributed by atoms with Crippen LogP contribution in [0.5, 0.6) is 11.5 Å². The van der Waals surface area contributed by atoms with Gasteiger partial charge in [-0.05, 0) is 101 Å². The van der Waals surface area contributed by atoms with Crippen molar-refractivity contribution < 1.29 is 14.3 Å². The number of esters is 1. The maximum Gasteiger partial charge on any atom is 0.311 e. The number of benzene rings is 1. The summed E-state index contributed by atoms with van der Waals surface area (Å²) in [7, 11) is 0. The first-order chi connectivity index (χ1) is 17.4. The number of hydrogen-bond donors (Lipinski definition) is 0. The van der Waals surface area contributed by atoms with Crippen molar-refractivity contribution >= 4 is 23.9 Å². The lowest BCUT2D eigenvalue weighted by Crippen LogP contribution is -2.42. The van der Waals surface area contributed by atoms with Gasteiger partial charge >= 0.3 is 5.97 Å². The van der Waals surface area contributed by atoms with E-state index in [2.05, 4.69) is 48.6 Å². The van der Waals surface area contributed by atoms with Crippen molar-refractivity contribution in [3.8, 4) is 23.8 Å². The van der Waals surface area contributed by atoms with E-state index in [0.717, 1.165) is 69.7 Å². The Hall–Kier alpha value is -2.00. The highest BCUT2D eigenvalue weighted by molar-refractivity contribution is 5.85. The number of carbonyl (C=O) groups excluding carboxylic acids is 1. The van der Waals surface area contributed by atoms with Crippen LogP contribution < -0.4 is 9.47 Å². The van der Waals surface area contributed by atoms with Gasteiger partial charge in [-0.2, -0.15) is 0 Å². The Balaban J connectivity index is 0.00000380. The number of fused-ring (bicyclic) bond motifs is 2. The molecule has 0 bridgehead atoms. The summed E-state index contributed by atoms with van der Waals surface area (Å²) in [5.41, 5.74) is 4.26. The summed E-state index contributed by atoms with van der Waals surface area (Å²) in [5, 5.41) is 0. The molecular formula is C31H45ClN2O3. The fourth-order valence-electron chi connectivity index (χ4n) is 5.94. The predicted octanol–water partition coefficient (Wildman–Crippen LogP) is 6.28. The molecule has 4 rings (SSSR count). The van der Waals surface area contributed by atoms with Gasteiger partial charge < -0.3 is 14.4 Å². The molecule has 0 N–H and O–H groups in total. The Morgan fingerprint density at radius 1 is 1.11 bits per heavy atom. The summed E-state index contributed by atoms with van der Waals surface area (Å²) in [5.74, 6) is 4.14. The van der Waals surface area contributed by atoms with Crippen LogP contribution in [0.3, 0.4) is 0 Å². The topological polar surface area (TPSA) is 42.0 Å². The van der Waals surface area contributed by atoms with Gasteiger partial charge in [-0.25, -0.2) is 0 Å². The van der Waals surface area contributed by atoms with Gasteiger partial charge in [-0.15, -0.1) is 18.8 Å². The predicted molar refractivity (Wildman–Crippen MR) is 154 cm³/mol. The number of rotatable bonds is 10. The van der Waals surface area contributed by atoms with E-state index in [1.165, 1.54) is 48.8 Å². The minimum atomic E-state index is -0.387. The lowest BCUT2D eigenvalue weighted by molar-refractivity contribution is -0.134. The molecule has 0 spiro atoms. The molecule has 0 saturated carbocycles. The number of halogens is 1. The first kappa shape index (κ1) is 29.6. The molecule has 6 heteroatoms. The maximum absolute atomic E-state index is 13.0. The zero-order valence-corrected chi connectivity index (χ0v) is 23.9. The van der Waals surface area contributed by atoms with Gasteiger partial charge in [0.2, 0.25) is 0 Å². The van der Waals surface area contributed by atoms with Crippen molar-refractivity contribution in [2.75, 3.05) is 39.3 Å². The SMILES string of the molecule is C#CCN1CCC2=C(C1)c1c(OC(=O)CCCN3CCCCC3)cc(CCCCC)cc1OC2(C)C.Cl. The number of likely N-dealkylation sites (tertiary alicyclic amines) is 1. The van der Waals surface area contributed by atoms with Crippen LogP contribution in [0, 0.1) is 12.3 Å². The maximum atomic E-state index is 13.0. The lowest BCUT2D eigenvalue weighted by Gasteiger charge is -2.42. The molecule has 204 valence electrons. The van der Waals surface area contributed by atoms with Gasteiger partial charge in [-0.1, -0.05) is 32.1 Å². The Bertz CT molecular complexity index is 1000. The summed E-state index contributed by atoms with van der Waals surface area (Å²) < 4.78 is 12.7. The minimum Gasteiger partial charge on any atom is -0.483 e. The summed E-state index contributed by atoms with van der Waals surface area (Å²) in [6.07, 6.45) is 16.1. The summed E-state index contributed by atoms with van der Waals surface area (Å²) >= 11 is 0. The van der Waals surface area contributed by atoms with Gasteiger partial charge in [0.05, 0.1) is 12.1 Å². The van der Waals surface area contributed by atoms with Crippen molar-refractivity contribution in [2.45, 2.75) is 90.6 Å². The monoisotopic (exact) mass is 528 g/mol. The van der Waals surface area contributed by atoms with E-state index in [9.17, 15) is 4.79 Å². The summed E-state index contributed by atoms with van der Waals surface area (Å²) in [6.45, 7) is 12.1. The van der Waals surface area contributed by atoms with Crippen LogP contribution in [0.2, 0.25) is 0 Å². The smallest absolute Gasteiger partial charge is 0.311 e. The molecule has 0 unspecified atom stereocenters. The number of hydrogen-bond acceptors (Lipinski definition) is 5. The molecule has 1 fully saturated rings. The number of aryl methyl sites for hydroxylation is 1.